The summed E-state index contributed by atoms with van der Waals surface area (Å²) in [6.07, 6.45) is -4.27. The van der Waals surface area contributed by atoms with E-state index in [0.717, 1.165) is 23.3 Å². The van der Waals surface area contributed by atoms with Crippen LogP contribution in [-0.2, 0) is 19.3 Å². The van der Waals surface area contributed by atoms with E-state index in [0.29, 0.717) is 13.1 Å². The average Bonchev–Trinajstić information content (AvgIpc) is 2.41. The highest BCUT2D eigenvalue weighted by Gasteiger charge is 2.29. The van der Waals surface area contributed by atoms with E-state index >= 15 is 0 Å². The lowest BCUT2D eigenvalue weighted by Gasteiger charge is -2.08. The van der Waals surface area contributed by atoms with E-state index < -0.39 is 11.7 Å². The van der Waals surface area contributed by atoms with Crippen LogP contribution in [0.5, 0.6) is 0 Å². The molecule has 0 aliphatic rings. The summed E-state index contributed by atoms with van der Waals surface area (Å²) in [5.74, 6) is 0. The molecule has 1 nitrogen and oxygen atoms in total. The molecule has 106 valence electrons. The van der Waals surface area contributed by atoms with Gasteiger partial charge in [-0.2, -0.15) is 13.2 Å². The highest BCUT2D eigenvalue weighted by atomic mass is 19.4. The fraction of sp³-hybridized carbons (Fsp3) is 0.250. The van der Waals surface area contributed by atoms with Crippen molar-refractivity contribution >= 4 is 0 Å². The van der Waals surface area contributed by atoms with Crippen LogP contribution in [0.15, 0.2) is 48.5 Å². The van der Waals surface area contributed by atoms with Crippen molar-refractivity contribution in [2.45, 2.75) is 26.2 Å². The minimum absolute atomic E-state index is 0.548. The Morgan fingerprint density at radius 2 is 1.25 bits per heavy atom. The van der Waals surface area contributed by atoms with Crippen LogP contribution in [0.1, 0.15) is 22.3 Å². The van der Waals surface area contributed by atoms with Gasteiger partial charge in [-0.15, -0.1) is 0 Å². The molecule has 20 heavy (non-hydrogen) atoms. The maximum Gasteiger partial charge on any atom is 0.416 e. The van der Waals surface area contributed by atoms with Crippen LogP contribution in [0.4, 0.5) is 13.2 Å². The van der Waals surface area contributed by atoms with Crippen LogP contribution in [-0.4, -0.2) is 0 Å². The molecule has 4 heteroatoms. The van der Waals surface area contributed by atoms with E-state index in [-0.39, 0.29) is 0 Å². The molecule has 2 rings (SSSR count). The molecule has 0 radical (unpaired) electrons. The van der Waals surface area contributed by atoms with Crippen LogP contribution in [0.2, 0.25) is 0 Å². The van der Waals surface area contributed by atoms with Crippen molar-refractivity contribution in [3.05, 3.63) is 70.8 Å². The third-order valence-electron chi connectivity index (χ3n) is 3.06. The van der Waals surface area contributed by atoms with Gasteiger partial charge in [-0.1, -0.05) is 42.0 Å². The molecule has 0 amide bonds. The van der Waals surface area contributed by atoms with Gasteiger partial charge in [-0.25, -0.2) is 0 Å². The molecule has 2 aromatic carbocycles. The van der Waals surface area contributed by atoms with E-state index in [1.165, 1.54) is 17.7 Å². The van der Waals surface area contributed by atoms with Gasteiger partial charge in [-0.05, 0) is 30.2 Å². The molecule has 1 N–H and O–H groups in total. The second-order valence-corrected chi connectivity index (χ2v) is 4.78. The summed E-state index contributed by atoms with van der Waals surface area (Å²) in [6, 6.07) is 13.4. The normalized spacial score (nSPS) is 11.6. The number of halogens is 3. The zero-order valence-corrected chi connectivity index (χ0v) is 11.2. The summed E-state index contributed by atoms with van der Waals surface area (Å²) >= 11 is 0. The van der Waals surface area contributed by atoms with Crippen LogP contribution in [0.3, 0.4) is 0 Å². The van der Waals surface area contributed by atoms with Crippen LogP contribution >= 0.6 is 0 Å². The van der Waals surface area contributed by atoms with E-state index in [1.54, 1.807) is 0 Å². The van der Waals surface area contributed by atoms with Gasteiger partial charge in [0.25, 0.3) is 0 Å². The highest BCUT2D eigenvalue weighted by molar-refractivity contribution is 5.25. The second kappa shape index (κ2) is 6.09. The number of hydrogen-bond donors (Lipinski definition) is 1. The first-order valence-corrected chi connectivity index (χ1v) is 6.37. The smallest absolute Gasteiger partial charge is 0.309 e. The van der Waals surface area contributed by atoms with Gasteiger partial charge in [0.05, 0.1) is 5.56 Å². The second-order valence-electron chi connectivity index (χ2n) is 4.78. The molecule has 0 aromatic heterocycles. The third kappa shape index (κ3) is 4.10. The predicted octanol–water partition coefficient (Wildman–Crippen LogP) is 4.30. The summed E-state index contributed by atoms with van der Waals surface area (Å²) in [5, 5.41) is 3.21. The zero-order valence-electron chi connectivity index (χ0n) is 11.2. The van der Waals surface area contributed by atoms with Crippen molar-refractivity contribution in [3.63, 3.8) is 0 Å². The molecular formula is C16H16F3N. The van der Waals surface area contributed by atoms with Crippen molar-refractivity contribution in [1.82, 2.24) is 5.32 Å². The molecule has 0 aliphatic carbocycles. The molecule has 0 saturated carbocycles. The standard InChI is InChI=1S/C16H16F3N/c1-12-2-4-13(5-3-12)10-20-11-14-6-8-15(9-7-14)16(17,18)19/h2-9,20H,10-11H2,1H3. The monoisotopic (exact) mass is 279 g/mol. The van der Waals surface area contributed by atoms with Crippen molar-refractivity contribution in [2.24, 2.45) is 0 Å². The Morgan fingerprint density at radius 3 is 1.70 bits per heavy atom. The first-order chi connectivity index (χ1) is 9.45. The number of hydrogen-bond acceptors (Lipinski definition) is 1. The van der Waals surface area contributed by atoms with Crippen LogP contribution < -0.4 is 5.32 Å². The van der Waals surface area contributed by atoms with Gasteiger partial charge < -0.3 is 5.32 Å². The lowest BCUT2D eigenvalue weighted by molar-refractivity contribution is -0.137. The maximum atomic E-state index is 12.4. The van der Waals surface area contributed by atoms with E-state index in [9.17, 15) is 13.2 Å². The molecule has 0 saturated heterocycles. The molecular weight excluding hydrogens is 263 g/mol. The Balaban J connectivity index is 1.87. The first kappa shape index (κ1) is 14.6. The van der Waals surface area contributed by atoms with Gasteiger partial charge in [0.1, 0.15) is 0 Å². The topological polar surface area (TPSA) is 12.0 Å². The molecule has 0 atom stereocenters. The van der Waals surface area contributed by atoms with Crippen molar-refractivity contribution in [3.8, 4) is 0 Å². The van der Waals surface area contributed by atoms with Gasteiger partial charge in [0.2, 0.25) is 0 Å². The van der Waals surface area contributed by atoms with Gasteiger partial charge in [-0.3, -0.25) is 0 Å². The molecule has 0 fully saturated rings. The SMILES string of the molecule is Cc1ccc(CNCc2ccc(C(F)(F)F)cc2)cc1. The summed E-state index contributed by atoms with van der Waals surface area (Å²) in [4.78, 5) is 0. The predicted molar refractivity (Wildman–Crippen MR) is 73.2 cm³/mol. The highest BCUT2D eigenvalue weighted by Crippen LogP contribution is 2.29. The lowest BCUT2D eigenvalue weighted by atomic mass is 10.1. The van der Waals surface area contributed by atoms with Gasteiger partial charge >= 0.3 is 6.18 Å². The summed E-state index contributed by atoms with van der Waals surface area (Å²) in [6.45, 7) is 3.27. The zero-order chi connectivity index (χ0) is 14.6. The van der Waals surface area contributed by atoms with E-state index in [2.05, 4.69) is 5.32 Å². The number of nitrogens with one attached hydrogen (secondary N) is 1. The number of rotatable bonds is 4. The maximum absolute atomic E-state index is 12.4. The molecule has 0 bridgehead atoms. The Hall–Kier alpha value is -1.81. The molecule has 2 aromatic rings. The first-order valence-electron chi connectivity index (χ1n) is 6.37. The van der Waals surface area contributed by atoms with Crippen molar-refractivity contribution in [1.29, 1.82) is 0 Å². The Kier molecular flexibility index (Phi) is 4.45. The number of benzene rings is 2. The average molecular weight is 279 g/mol. The lowest BCUT2D eigenvalue weighted by Crippen LogP contribution is -2.13. The van der Waals surface area contributed by atoms with E-state index in [4.69, 9.17) is 0 Å². The van der Waals surface area contributed by atoms with Gasteiger partial charge in [0, 0.05) is 13.1 Å². The molecule has 0 heterocycles. The number of alkyl halides is 3. The van der Waals surface area contributed by atoms with Crippen LogP contribution in [0.25, 0.3) is 0 Å². The van der Waals surface area contributed by atoms with Gasteiger partial charge in [0.15, 0.2) is 0 Å². The van der Waals surface area contributed by atoms with Crippen LogP contribution in [0, 0.1) is 6.92 Å². The summed E-state index contributed by atoms with van der Waals surface area (Å²) < 4.78 is 37.2. The Labute approximate surface area is 116 Å². The summed E-state index contributed by atoms with van der Waals surface area (Å²) in [5.41, 5.74) is 2.59. The number of aryl methyl sites for hydroxylation is 1. The fourth-order valence-corrected chi connectivity index (χ4v) is 1.87. The quantitative estimate of drug-likeness (QED) is 0.879. The Morgan fingerprint density at radius 1 is 0.800 bits per heavy atom. The summed E-state index contributed by atoms with van der Waals surface area (Å²) in [7, 11) is 0. The fourth-order valence-electron chi connectivity index (χ4n) is 1.87. The van der Waals surface area contributed by atoms with E-state index in [1.807, 2.05) is 31.2 Å². The molecule has 0 unspecified atom stereocenters. The van der Waals surface area contributed by atoms with Crippen molar-refractivity contribution in [2.75, 3.05) is 0 Å². The van der Waals surface area contributed by atoms with Crippen molar-refractivity contribution < 1.29 is 13.2 Å². The molecule has 0 aliphatic heterocycles. The Bertz CT molecular complexity index is 541. The molecule has 0 spiro atoms. The minimum atomic E-state index is -4.27. The largest absolute Gasteiger partial charge is 0.416 e. The third-order valence-corrected chi connectivity index (χ3v) is 3.06. The minimum Gasteiger partial charge on any atom is -0.309 e.